The van der Waals surface area contributed by atoms with Gasteiger partial charge in [-0.05, 0) is 36.8 Å². The lowest BCUT2D eigenvalue weighted by molar-refractivity contribution is 0.0602. The van der Waals surface area contributed by atoms with Crippen molar-refractivity contribution in [2.75, 3.05) is 12.4 Å². The summed E-state index contributed by atoms with van der Waals surface area (Å²) >= 11 is 5.99. The van der Waals surface area contributed by atoms with Crippen molar-refractivity contribution in [1.82, 2.24) is 4.98 Å². The highest BCUT2D eigenvalue weighted by atomic mass is 35.5. The first-order valence-corrected chi connectivity index (χ1v) is 7.65. The highest BCUT2D eigenvalue weighted by Gasteiger charge is 2.18. The number of fused-ring (bicyclic) bond motifs is 1. The van der Waals surface area contributed by atoms with E-state index in [1.54, 1.807) is 36.4 Å². The molecule has 6 heteroatoms. The maximum atomic E-state index is 12.6. The molecule has 0 aliphatic carbocycles. The van der Waals surface area contributed by atoms with Crippen molar-refractivity contribution in [3.63, 3.8) is 0 Å². The first-order valence-electron chi connectivity index (χ1n) is 7.27. The standard InChI is InChI=1S/C18H15ClN2O3/c1-10-12-8-7-11(19)9-15(12)20-16(10)17(22)21-14-6-4-3-5-13(14)18(23)24-2/h3-9,20H,1-2H3,(H,21,22). The molecule has 1 aromatic heterocycles. The van der Waals surface area contributed by atoms with Crippen LogP contribution in [-0.2, 0) is 4.74 Å². The van der Waals surface area contributed by atoms with E-state index in [1.165, 1.54) is 7.11 Å². The molecule has 1 heterocycles. The summed E-state index contributed by atoms with van der Waals surface area (Å²) in [5.74, 6) is -0.845. The van der Waals surface area contributed by atoms with Gasteiger partial charge in [-0.25, -0.2) is 4.79 Å². The SMILES string of the molecule is COC(=O)c1ccccc1NC(=O)c1[nH]c2cc(Cl)ccc2c1C. The van der Waals surface area contributed by atoms with Crippen molar-refractivity contribution < 1.29 is 14.3 Å². The number of carbonyl (C=O) groups is 2. The molecule has 24 heavy (non-hydrogen) atoms. The van der Waals surface area contributed by atoms with Crippen LogP contribution in [0.2, 0.25) is 5.02 Å². The van der Waals surface area contributed by atoms with Crippen molar-refractivity contribution in [3.8, 4) is 0 Å². The summed E-state index contributed by atoms with van der Waals surface area (Å²) in [5, 5.41) is 4.27. The zero-order chi connectivity index (χ0) is 17.3. The van der Waals surface area contributed by atoms with E-state index < -0.39 is 5.97 Å². The fourth-order valence-electron chi connectivity index (χ4n) is 2.60. The highest BCUT2D eigenvalue weighted by molar-refractivity contribution is 6.31. The van der Waals surface area contributed by atoms with Crippen molar-refractivity contribution >= 4 is 40.1 Å². The van der Waals surface area contributed by atoms with Gasteiger partial charge < -0.3 is 15.0 Å². The summed E-state index contributed by atoms with van der Waals surface area (Å²) in [5.41, 5.74) is 2.71. The maximum absolute atomic E-state index is 12.6. The molecule has 2 N–H and O–H groups in total. The topological polar surface area (TPSA) is 71.2 Å². The number of H-pyrrole nitrogens is 1. The van der Waals surface area contributed by atoms with Gasteiger partial charge in [0.1, 0.15) is 5.69 Å². The zero-order valence-corrected chi connectivity index (χ0v) is 13.9. The van der Waals surface area contributed by atoms with Gasteiger partial charge in [-0.3, -0.25) is 4.79 Å². The Bertz CT molecular complexity index is 947. The number of hydrogen-bond donors (Lipinski definition) is 2. The Morgan fingerprint density at radius 1 is 1.17 bits per heavy atom. The van der Waals surface area contributed by atoms with Crippen LogP contribution in [0.15, 0.2) is 42.5 Å². The molecular weight excluding hydrogens is 328 g/mol. The van der Waals surface area contributed by atoms with Gasteiger partial charge in [0.05, 0.1) is 18.4 Å². The zero-order valence-electron chi connectivity index (χ0n) is 13.1. The molecule has 0 saturated heterocycles. The molecule has 0 radical (unpaired) electrons. The number of methoxy groups -OCH3 is 1. The quantitative estimate of drug-likeness (QED) is 0.702. The van der Waals surface area contributed by atoms with Crippen LogP contribution >= 0.6 is 11.6 Å². The summed E-state index contributed by atoms with van der Waals surface area (Å²) in [7, 11) is 1.30. The number of para-hydroxylation sites is 1. The van der Waals surface area contributed by atoms with E-state index in [0.717, 1.165) is 16.5 Å². The molecular formula is C18H15ClN2O3. The van der Waals surface area contributed by atoms with Gasteiger partial charge in [0.15, 0.2) is 0 Å². The Kier molecular flexibility index (Phi) is 4.27. The van der Waals surface area contributed by atoms with Gasteiger partial charge in [0, 0.05) is 15.9 Å². The predicted molar refractivity (Wildman–Crippen MR) is 93.8 cm³/mol. The molecule has 3 rings (SSSR count). The van der Waals surface area contributed by atoms with Gasteiger partial charge in [-0.2, -0.15) is 0 Å². The number of halogens is 1. The number of aryl methyl sites for hydroxylation is 1. The average molecular weight is 343 g/mol. The third-order valence-electron chi connectivity index (χ3n) is 3.83. The summed E-state index contributed by atoms with van der Waals surface area (Å²) in [6.07, 6.45) is 0. The lowest BCUT2D eigenvalue weighted by Crippen LogP contribution is -2.16. The van der Waals surface area contributed by atoms with Crippen molar-refractivity contribution in [1.29, 1.82) is 0 Å². The third kappa shape index (κ3) is 2.86. The van der Waals surface area contributed by atoms with Gasteiger partial charge in [0.2, 0.25) is 0 Å². The van der Waals surface area contributed by atoms with E-state index in [4.69, 9.17) is 16.3 Å². The van der Waals surface area contributed by atoms with E-state index in [0.29, 0.717) is 22.0 Å². The van der Waals surface area contributed by atoms with Crippen LogP contribution in [-0.4, -0.2) is 24.0 Å². The van der Waals surface area contributed by atoms with Gasteiger partial charge in [-0.15, -0.1) is 0 Å². The van der Waals surface area contributed by atoms with E-state index in [-0.39, 0.29) is 5.91 Å². The van der Waals surface area contributed by atoms with E-state index in [9.17, 15) is 9.59 Å². The predicted octanol–water partition coefficient (Wildman–Crippen LogP) is 4.17. The lowest BCUT2D eigenvalue weighted by atomic mass is 10.1. The Labute approximate surface area is 143 Å². The minimum atomic E-state index is -0.508. The Morgan fingerprint density at radius 2 is 1.92 bits per heavy atom. The molecule has 1 amide bonds. The number of nitrogens with one attached hydrogen (secondary N) is 2. The monoisotopic (exact) mass is 342 g/mol. The third-order valence-corrected chi connectivity index (χ3v) is 4.06. The molecule has 2 aromatic carbocycles. The van der Waals surface area contributed by atoms with E-state index in [1.807, 2.05) is 13.0 Å². The van der Waals surface area contributed by atoms with Gasteiger partial charge >= 0.3 is 5.97 Å². The smallest absolute Gasteiger partial charge is 0.339 e. The molecule has 0 fully saturated rings. The Hall–Kier alpha value is -2.79. The first-order chi connectivity index (χ1) is 11.5. The first kappa shape index (κ1) is 16.1. The van der Waals surface area contributed by atoms with Crippen LogP contribution in [0.1, 0.15) is 26.4 Å². The lowest BCUT2D eigenvalue weighted by Gasteiger charge is -2.09. The second kappa shape index (κ2) is 6.37. The number of hydrogen-bond acceptors (Lipinski definition) is 3. The molecule has 122 valence electrons. The Morgan fingerprint density at radius 3 is 2.67 bits per heavy atom. The minimum absolute atomic E-state index is 0.296. The molecule has 3 aromatic rings. The van der Waals surface area contributed by atoms with Crippen LogP contribution in [0, 0.1) is 6.92 Å². The molecule has 0 atom stereocenters. The van der Waals surface area contributed by atoms with Crippen molar-refractivity contribution in [2.24, 2.45) is 0 Å². The molecule has 0 saturated carbocycles. The maximum Gasteiger partial charge on any atom is 0.339 e. The number of ether oxygens (including phenoxy) is 1. The normalized spacial score (nSPS) is 10.6. The Balaban J connectivity index is 1.97. The van der Waals surface area contributed by atoms with Crippen LogP contribution in [0.3, 0.4) is 0 Å². The summed E-state index contributed by atoms with van der Waals surface area (Å²) in [6.45, 7) is 1.86. The minimum Gasteiger partial charge on any atom is -0.465 e. The van der Waals surface area contributed by atoms with E-state index >= 15 is 0 Å². The number of rotatable bonds is 3. The summed E-state index contributed by atoms with van der Waals surface area (Å²) in [4.78, 5) is 27.5. The van der Waals surface area contributed by atoms with E-state index in [2.05, 4.69) is 10.3 Å². The second-order valence-electron chi connectivity index (χ2n) is 5.31. The molecule has 0 aliphatic heterocycles. The van der Waals surface area contributed by atoms with Crippen LogP contribution in [0.5, 0.6) is 0 Å². The molecule has 0 aliphatic rings. The van der Waals surface area contributed by atoms with Gasteiger partial charge in [-0.1, -0.05) is 29.8 Å². The fourth-order valence-corrected chi connectivity index (χ4v) is 2.77. The molecule has 5 nitrogen and oxygen atoms in total. The number of anilines is 1. The number of carbonyl (C=O) groups excluding carboxylic acids is 2. The van der Waals surface area contributed by atoms with Crippen molar-refractivity contribution in [2.45, 2.75) is 6.92 Å². The number of aromatic amines is 1. The number of amides is 1. The fraction of sp³-hybridized carbons (Fsp3) is 0.111. The second-order valence-corrected chi connectivity index (χ2v) is 5.74. The highest BCUT2D eigenvalue weighted by Crippen LogP contribution is 2.26. The van der Waals surface area contributed by atoms with Crippen LogP contribution in [0.4, 0.5) is 5.69 Å². The summed E-state index contributed by atoms with van der Waals surface area (Å²) in [6, 6.07) is 12.1. The number of aromatic nitrogens is 1. The van der Waals surface area contributed by atoms with Crippen LogP contribution in [0.25, 0.3) is 10.9 Å². The van der Waals surface area contributed by atoms with Crippen LogP contribution < -0.4 is 5.32 Å². The average Bonchev–Trinajstić information content (AvgIpc) is 2.90. The molecule has 0 spiro atoms. The van der Waals surface area contributed by atoms with Crippen molar-refractivity contribution in [3.05, 3.63) is 64.3 Å². The summed E-state index contributed by atoms with van der Waals surface area (Å²) < 4.78 is 4.74. The van der Waals surface area contributed by atoms with Gasteiger partial charge in [0.25, 0.3) is 5.91 Å². The molecule has 0 bridgehead atoms. The molecule has 0 unspecified atom stereocenters. The number of esters is 1. The number of benzene rings is 2. The largest absolute Gasteiger partial charge is 0.465 e.